The molecule has 2 N–H and O–H groups in total. The number of hydrogen-bond acceptors (Lipinski definition) is 4. The number of hydrogen-bond donors (Lipinski definition) is 2. The Kier molecular flexibility index (Phi) is 5.56. The normalized spacial score (nSPS) is 21.4. The summed E-state index contributed by atoms with van der Waals surface area (Å²) in [7, 11) is 0. The zero-order valence-electron chi connectivity index (χ0n) is 13.5. The van der Waals surface area contributed by atoms with Gasteiger partial charge in [-0.25, -0.2) is 4.98 Å². The van der Waals surface area contributed by atoms with E-state index in [9.17, 15) is 4.79 Å². The van der Waals surface area contributed by atoms with Gasteiger partial charge in [-0.3, -0.25) is 4.79 Å². The Balaban J connectivity index is 1.43. The number of quaternary nitrogens is 1. The number of rotatable bonds is 6. The first-order valence-electron chi connectivity index (χ1n) is 8.36. The smallest absolute Gasteiger partial charge is 0.257 e. The molecule has 5 nitrogen and oxygen atoms in total. The van der Waals surface area contributed by atoms with Crippen molar-refractivity contribution in [2.24, 2.45) is 0 Å². The van der Waals surface area contributed by atoms with E-state index in [0.29, 0.717) is 17.0 Å². The average Bonchev–Trinajstić information content (AvgIpc) is 2.98. The second-order valence-corrected chi connectivity index (χ2v) is 7.00. The van der Waals surface area contributed by atoms with Crippen LogP contribution in [0.1, 0.15) is 26.2 Å². The van der Waals surface area contributed by atoms with Gasteiger partial charge in [0.15, 0.2) is 5.58 Å². The number of oxazole rings is 1. The van der Waals surface area contributed by atoms with Crippen LogP contribution >= 0.6 is 11.8 Å². The number of carbonyl (C=O) groups excluding carboxylic acids is 1. The third kappa shape index (κ3) is 4.48. The van der Waals surface area contributed by atoms with Crippen molar-refractivity contribution in [3.05, 3.63) is 24.3 Å². The van der Waals surface area contributed by atoms with Gasteiger partial charge in [-0.05, 0) is 18.6 Å². The first kappa shape index (κ1) is 16.3. The summed E-state index contributed by atoms with van der Waals surface area (Å²) in [5, 5.41) is 3.70. The molecule has 1 amide bonds. The maximum absolute atomic E-state index is 12.1. The van der Waals surface area contributed by atoms with E-state index in [-0.39, 0.29) is 5.91 Å². The van der Waals surface area contributed by atoms with Crippen molar-refractivity contribution in [1.82, 2.24) is 10.3 Å². The van der Waals surface area contributed by atoms with Gasteiger partial charge < -0.3 is 14.6 Å². The van der Waals surface area contributed by atoms with Gasteiger partial charge in [-0.15, -0.1) is 0 Å². The summed E-state index contributed by atoms with van der Waals surface area (Å²) in [5.74, 6) is 0.427. The van der Waals surface area contributed by atoms with Crippen molar-refractivity contribution in [1.29, 1.82) is 0 Å². The number of nitrogens with zero attached hydrogens (tertiary/aromatic N) is 1. The minimum atomic E-state index is 0.0706. The molecule has 1 saturated heterocycles. The highest BCUT2D eigenvalue weighted by Crippen LogP contribution is 2.22. The highest BCUT2D eigenvalue weighted by Gasteiger charge is 2.22. The van der Waals surface area contributed by atoms with E-state index in [0.717, 1.165) is 37.0 Å². The van der Waals surface area contributed by atoms with E-state index < -0.39 is 0 Å². The van der Waals surface area contributed by atoms with Crippen LogP contribution in [0.15, 0.2) is 33.9 Å². The highest BCUT2D eigenvalue weighted by molar-refractivity contribution is 7.99. The molecule has 0 radical (unpaired) electrons. The molecule has 2 aromatic rings. The van der Waals surface area contributed by atoms with E-state index in [1.807, 2.05) is 24.3 Å². The van der Waals surface area contributed by atoms with Crippen LogP contribution in [0.3, 0.4) is 0 Å². The number of likely N-dealkylation sites (tertiary alicyclic amines) is 1. The number of benzene rings is 1. The summed E-state index contributed by atoms with van der Waals surface area (Å²) in [6.45, 7) is 5.80. The Labute approximate surface area is 140 Å². The number of thioether (sulfide) groups is 1. The fourth-order valence-electron chi connectivity index (χ4n) is 3.08. The van der Waals surface area contributed by atoms with E-state index >= 15 is 0 Å². The SMILES string of the molecule is CCC[NH+]1CCC(NC(=O)CSc2nc3ccccc3o2)CC1. The van der Waals surface area contributed by atoms with Gasteiger partial charge in [0.05, 0.1) is 25.4 Å². The maximum Gasteiger partial charge on any atom is 0.257 e. The second kappa shape index (κ2) is 7.84. The Morgan fingerprint density at radius 2 is 2.17 bits per heavy atom. The predicted molar refractivity (Wildman–Crippen MR) is 91.8 cm³/mol. The molecule has 0 unspecified atom stereocenters. The summed E-state index contributed by atoms with van der Waals surface area (Å²) in [6, 6.07) is 7.97. The van der Waals surface area contributed by atoms with Gasteiger partial charge in [-0.2, -0.15) is 0 Å². The third-order valence-electron chi connectivity index (χ3n) is 4.26. The largest absolute Gasteiger partial charge is 0.431 e. The molecule has 0 atom stereocenters. The molecule has 1 aromatic carbocycles. The molecular weight excluding hydrogens is 310 g/mol. The van der Waals surface area contributed by atoms with Gasteiger partial charge in [0, 0.05) is 18.9 Å². The molecule has 1 aliphatic rings. The Morgan fingerprint density at radius 3 is 2.91 bits per heavy atom. The number of nitrogens with one attached hydrogen (secondary N) is 2. The van der Waals surface area contributed by atoms with Crippen LogP contribution in [-0.2, 0) is 4.79 Å². The van der Waals surface area contributed by atoms with Gasteiger partial charge in [-0.1, -0.05) is 30.8 Å². The monoisotopic (exact) mass is 334 g/mol. The van der Waals surface area contributed by atoms with Crippen LogP contribution in [0.4, 0.5) is 0 Å². The molecule has 6 heteroatoms. The van der Waals surface area contributed by atoms with Crippen LogP contribution in [0.5, 0.6) is 0 Å². The van der Waals surface area contributed by atoms with Crippen molar-refractivity contribution in [3.63, 3.8) is 0 Å². The molecule has 0 spiro atoms. The minimum absolute atomic E-state index is 0.0706. The topological polar surface area (TPSA) is 59.6 Å². The second-order valence-electron chi connectivity index (χ2n) is 6.08. The molecule has 124 valence electrons. The van der Waals surface area contributed by atoms with Gasteiger partial charge in [0.1, 0.15) is 5.52 Å². The number of para-hydroxylation sites is 2. The molecule has 1 aromatic heterocycles. The van der Waals surface area contributed by atoms with Crippen molar-refractivity contribution in [2.45, 2.75) is 37.5 Å². The first-order chi connectivity index (χ1) is 11.2. The lowest BCUT2D eigenvalue weighted by molar-refractivity contribution is -0.905. The Morgan fingerprint density at radius 1 is 1.39 bits per heavy atom. The standard InChI is InChI=1S/C17H23N3O2S/c1-2-9-20-10-7-13(8-11-20)18-16(21)12-23-17-19-14-5-3-4-6-15(14)22-17/h3-6,13H,2,7-12H2,1H3,(H,18,21)/p+1. The first-order valence-corrected chi connectivity index (χ1v) is 9.34. The highest BCUT2D eigenvalue weighted by atomic mass is 32.2. The molecule has 1 fully saturated rings. The fourth-order valence-corrected chi connectivity index (χ4v) is 3.73. The van der Waals surface area contributed by atoms with Gasteiger partial charge in [0.2, 0.25) is 5.91 Å². The summed E-state index contributed by atoms with van der Waals surface area (Å²) in [6.07, 6.45) is 3.39. The predicted octanol–water partition coefficient (Wildman–Crippen LogP) is 1.49. The summed E-state index contributed by atoms with van der Waals surface area (Å²) in [5.41, 5.74) is 1.60. The fraction of sp³-hybridized carbons (Fsp3) is 0.529. The molecule has 0 aliphatic carbocycles. The van der Waals surface area contributed by atoms with Crippen molar-refractivity contribution in [3.8, 4) is 0 Å². The quantitative estimate of drug-likeness (QED) is 0.786. The van der Waals surface area contributed by atoms with Crippen LogP contribution in [0.25, 0.3) is 11.1 Å². The number of piperidine rings is 1. The molecule has 0 saturated carbocycles. The number of carbonyl (C=O) groups is 1. The lowest BCUT2D eigenvalue weighted by atomic mass is 10.1. The number of fused-ring (bicyclic) bond motifs is 1. The van der Waals surface area contributed by atoms with Crippen molar-refractivity contribution >= 4 is 28.8 Å². The van der Waals surface area contributed by atoms with E-state index in [2.05, 4.69) is 17.2 Å². The van der Waals surface area contributed by atoms with Gasteiger partial charge >= 0.3 is 0 Å². The van der Waals surface area contributed by atoms with Crippen LogP contribution < -0.4 is 10.2 Å². The molecule has 3 rings (SSSR count). The molecule has 2 heterocycles. The maximum atomic E-state index is 12.1. The van der Waals surface area contributed by atoms with E-state index in [4.69, 9.17) is 4.42 Å². The van der Waals surface area contributed by atoms with E-state index in [1.54, 1.807) is 4.90 Å². The van der Waals surface area contributed by atoms with Crippen LogP contribution in [-0.4, -0.2) is 42.3 Å². The van der Waals surface area contributed by atoms with Crippen LogP contribution in [0, 0.1) is 0 Å². The minimum Gasteiger partial charge on any atom is -0.431 e. The molecular formula is C17H24N3O2S+. The average molecular weight is 334 g/mol. The van der Waals surface area contributed by atoms with E-state index in [1.165, 1.54) is 24.7 Å². The van der Waals surface area contributed by atoms with Crippen LogP contribution in [0.2, 0.25) is 0 Å². The lowest BCUT2D eigenvalue weighted by Gasteiger charge is -2.29. The summed E-state index contributed by atoms with van der Waals surface area (Å²) >= 11 is 1.36. The zero-order valence-corrected chi connectivity index (χ0v) is 14.3. The van der Waals surface area contributed by atoms with Crippen molar-refractivity contribution < 1.29 is 14.1 Å². The number of aromatic nitrogens is 1. The summed E-state index contributed by atoms with van der Waals surface area (Å²) < 4.78 is 5.62. The summed E-state index contributed by atoms with van der Waals surface area (Å²) in [4.78, 5) is 18.1. The third-order valence-corrected chi connectivity index (χ3v) is 5.09. The Bertz CT molecular complexity index is 617. The lowest BCUT2D eigenvalue weighted by Crippen LogP contribution is -3.13. The molecule has 1 aliphatic heterocycles. The molecule has 0 bridgehead atoms. The Hall–Kier alpha value is -1.53. The van der Waals surface area contributed by atoms with Crippen molar-refractivity contribution in [2.75, 3.05) is 25.4 Å². The number of amides is 1. The molecule has 23 heavy (non-hydrogen) atoms. The van der Waals surface area contributed by atoms with Gasteiger partial charge in [0.25, 0.3) is 5.22 Å². The zero-order chi connectivity index (χ0) is 16.1.